The zero-order chi connectivity index (χ0) is 22.8. The normalized spacial score (nSPS) is 13.3. The predicted molar refractivity (Wildman–Crippen MR) is 107 cm³/mol. The Labute approximate surface area is 180 Å². The molecule has 1 N–H and O–H groups in total. The van der Waals surface area contributed by atoms with E-state index in [2.05, 4.69) is 15.2 Å². The third-order valence-corrected chi connectivity index (χ3v) is 4.86. The molecule has 0 atom stereocenters. The van der Waals surface area contributed by atoms with Crippen LogP contribution < -0.4 is 19.7 Å². The topological polar surface area (TPSA) is 68.6 Å². The van der Waals surface area contributed by atoms with Crippen LogP contribution in [0.1, 0.15) is 16.2 Å². The van der Waals surface area contributed by atoms with Crippen LogP contribution in [-0.4, -0.2) is 36.0 Å². The first kappa shape index (κ1) is 21.5. The molecule has 0 unspecified atom stereocenters. The molecule has 2 heterocycles. The quantitative estimate of drug-likeness (QED) is 0.551. The lowest BCUT2D eigenvalue weighted by Gasteiger charge is -2.27. The van der Waals surface area contributed by atoms with Crippen molar-refractivity contribution in [1.29, 1.82) is 0 Å². The highest BCUT2D eigenvalue weighted by molar-refractivity contribution is 6.05. The van der Waals surface area contributed by atoms with Crippen LogP contribution in [0.3, 0.4) is 0 Å². The molecule has 0 radical (unpaired) electrons. The maximum Gasteiger partial charge on any atom is 0.387 e. The molecular weight excluding hydrogens is 432 g/mol. The summed E-state index contributed by atoms with van der Waals surface area (Å²) < 4.78 is 63.2. The van der Waals surface area contributed by atoms with Crippen LogP contribution in [-0.2, 0) is 13.1 Å². The van der Waals surface area contributed by atoms with Gasteiger partial charge in [-0.1, -0.05) is 0 Å². The number of hydrogen-bond acceptors (Lipinski definition) is 5. The molecule has 0 saturated heterocycles. The van der Waals surface area contributed by atoms with Crippen LogP contribution in [0.4, 0.5) is 28.9 Å². The molecule has 0 fully saturated rings. The maximum atomic E-state index is 14.1. The van der Waals surface area contributed by atoms with E-state index in [1.807, 2.05) is 0 Å². The maximum absolute atomic E-state index is 14.1. The SMILES string of the molecule is COc1cc(F)cc(N2CCn3nc(CNc4ccc(OC(F)F)cc4F)cc3C2=O)c1. The molecule has 1 aliphatic rings. The molecule has 3 aromatic rings. The average Bonchev–Trinajstić information content (AvgIpc) is 3.16. The van der Waals surface area contributed by atoms with Crippen molar-refractivity contribution in [3.05, 3.63) is 65.5 Å². The summed E-state index contributed by atoms with van der Waals surface area (Å²) in [5.41, 5.74) is 1.21. The highest BCUT2D eigenvalue weighted by Crippen LogP contribution is 2.27. The van der Waals surface area contributed by atoms with Crippen LogP contribution in [0.15, 0.2) is 42.5 Å². The Bertz CT molecular complexity index is 1150. The van der Waals surface area contributed by atoms with Gasteiger partial charge in [-0.15, -0.1) is 0 Å². The van der Waals surface area contributed by atoms with Crippen LogP contribution >= 0.6 is 0 Å². The van der Waals surface area contributed by atoms with E-state index in [1.54, 1.807) is 12.1 Å². The number of anilines is 2. The number of halogens is 4. The van der Waals surface area contributed by atoms with Gasteiger partial charge < -0.3 is 19.7 Å². The van der Waals surface area contributed by atoms with Gasteiger partial charge in [0, 0.05) is 24.7 Å². The minimum Gasteiger partial charge on any atom is -0.497 e. The Kier molecular flexibility index (Phi) is 5.89. The Morgan fingerprint density at radius 3 is 2.62 bits per heavy atom. The van der Waals surface area contributed by atoms with Gasteiger partial charge in [0.25, 0.3) is 5.91 Å². The number of carbonyl (C=O) groups is 1. The van der Waals surface area contributed by atoms with E-state index >= 15 is 0 Å². The first-order valence-corrected chi connectivity index (χ1v) is 9.55. The number of nitrogens with zero attached hydrogens (tertiary/aromatic N) is 3. The Balaban J connectivity index is 1.48. The molecule has 0 spiro atoms. The number of hydrogen-bond donors (Lipinski definition) is 1. The molecule has 0 saturated carbocycles. The summed E-state index contributed by atoms with van der Waals surface area (Å²) in [5.74, 6) is -1.65. The zero-order valence-electron chi connectivity index (χ0n) is 16.8. The first-order chi connectivity index (χ1) is 15.3. The molecule has 2 aromatic carbocycles. The Morgan fingerprint density at radius 2 is 1.91 bits per heavy atom. The lowest BCUT2D eigenvalue weighted by atomic mass is 10.2. The lowest BCUT2D eigenvalue weighted by molar-refractivity contribution is -0.0499. The molecule has 32 heavy (non-hydrogen) atoms. The number of nitrogens with one attached hydrogen (secondary N) is 1. The molecule has 7 nitrogen and oxygen atoms in total. The van der Waals surface area contributed by atoms with Crippen molar-refractivity contribution >= 4 is 17.3 Å². The number of alkyl halides is 2. The second-order valence-corrected chi connectivity index (χ2v) is 6.92. The predicted octanol–water partition coefficient (Wildman–Crippen LogP) is 4.04. The van der Waals surface area contributed by atoms with Crippen molar-refractivity contribution < 1.29 is 31.8 Å². The smallest absolute Gasteiger partial charge is 0.387 e. The number of methoxy groups -OCH3 is 1. The molecule has 1 aromatic heterocycles. The number of amides is 1. The van der Waals surface area contributed by atoms with Crippen LogP contribution in [0, 0.1) is 11.6 Å². The second kappa shape index (κ2) is 8.77. The average molecular weight is 450 g/mol. The third kappa shape index (κ3) is 4.46. The summed E-state index contributed by atoms with van der Waals surface area (Å²) in [4.78, 5) is 14.4. The Hall–Kier alpha value is -3.76. The fourth-order valence-corrected chi connectivity index (χ4v) is 3.40. The minimum atomic E-state index is -3.05. The summed E-state index contributed by atoms with van der Waals surface area (Å²) in [5, 5.41) is 7.16. The monoisotopic (exact) mass is 450 g/mol. The van der Waals surface area contributed by atoms with Crippen molar-refractivity contribution in [3.63, 3.8) is 0 Å². The number of carbonyl (C=O) groups excluding carboxylic acids is 1. The summed E-state index contributed by atoms with van der Waals surface area (Å²) in [6.07, 6.45) is 0. The van der Waals surface area contributed by atoms with Crippen LogP contribution in [0.5, 0.6) is 11.5 Å². The van der Waals surface area contributed by atoms with Crippen molar-refractivity contribution in [3.8, 4) is 11.5 Å². The van der Waals surface area contributed by atoms with Gasteiger partial charge in [-0.3, -0.25) is 9.48 Å². The van der Waals surface area contributed by atoms with E-state index in [4.69, 9.17) is 4.74 Å². The summed E-state index contributed by atoms with van der Waals surface area (Å²) in [6, 6.07) is 8.93. The molecule has 1 aliphatic heterocycles. The van der Waals surface area contributed by atoms with E-state index in [0.717, 1.165) is 6.07 Å². The molecule has 168 valence electrons. The number of benzene rings is 2. The number of fused-ring (bicyclic) bond motifs is 1. The number of rotatable bonds is 7. The van der Waals surface area contributed by atoms with Gasteiger partial charge in [-0.2, -0.15) is 13.9 Å². The standard InChI is InChI=1S/C21H18F4N4O3/c1-31-16-7-12(22)6-14(9-16)28-4-5-29-19(20(28)30)8-13(27-29)11-26-18-3-2-15(10-17(18)23)32-21(24)25/h2-3,6-10,21,26H,4-5,11H2,1H3. The fourth-order valence-electron chi connectivity index (χ4n) is 3.40. The minimum absolute atomic E-state index is 0.0670. The van der Waals surface area contributed by atoms with E-state index in [0.29, 0.717) is 29.4 Å². The van der Waals surface area contributed by atoms with Crippen molar-refractivity contribution in [1.82, 2.24) is 9.78 Å². The molecule has 0 aliphatic carbocycles. The van der Waals surface area contributed by atoms with E-state index in [9.17, 15) is 22.4 Å². The zero-order valence-corrected chi connectivity index (χ0v) is 16.8. The van der Waals surface area contributed by atoms with Gasteiger partial charge in [0.15, 0.2) is 0 Å². The highest BCUT2D eigenvalue weighted by Gasteiger charge is 2.28. The van der Waals surface area contributed by atoms with E-state index in [1.165, 1.54) is 41.0 Å². The summed E-state index contributed by atoms with van der Waals surface area (Å²) in [6.45, 7) is -2.29. The first-order valence-electron chi connectivity index (χ1n) is 9.55. The van der Waals surface area contributed by atoms with Crippen molar-refractivity contribution in [2.75, 3.05) is 23.9 Å². The van der Waals surface area contributed by atoms with E-state index in [-0.39, 0.29) is 30.4 Å². The van der Waals surface area contributed by atoms with Gasteiger partial charge in [0.2, 0.25) is 0 Å². The third-order valence-electron chi connectivity index (χ3n) is 4.86. The molecule has 1 amide bonds. The second-order valence-electron chi connectivity index (χ2n) is 6.92. The van der Waals surface area contributed by atoms with Gasteiger partial charge in [-0.05, 0) is 24.3 Å². The largest absolute Gasteiger partial charge is 0.497 e. The highest BCUT2D eigenvalue weighted by atomic mass is 19.3. The fraction of sp³-hybridized carbons (Fsp3) is 0.238. The molecule has 4 rings (SSSR count). The van der Waals surface area contributed by atoms with Crippen molar-refractivity contribution in [2.24, 2.45) is 0 Å². The summed E-state index contributed by atoms with van der Waals surface area (Å²) in [7, 11) is 1.41. The van der Waals surface area contributed by atoms with Crippen LogP contribution in [0.2, 0.25) is 0 Å². The van der Waals surface area contributed by atoms with Crippen LogP contribution in [0.25, 0.3) is 0 Å². The number of aromatic nitrogens is 2. The van der Waals surface area contributed by atoms with Crippen molar-refractivity contribution in [2.45, 2.75) is 19.7 Å². The number of ether oxygens (including phenoxy) is 2. The van der Waals surface area contributed by atoms with E-state index < -0.39 is 18.2 Å². The molecular formula is C21H18F4N4O3. The Morgan fingerprint density at radius 1 is 1.09 bits per heavy atom. The van der Waals surface area contributed by atoms with Gasteiger partial charge in [0.05, 0.1) is 37.3 Å². The lowest BCUT2D eigenvalue weighted by Crippen LogP contribution is -2.40. The van der Waals surface area contributed by atoms with Gasteiger partial charge in [0.1, 0.15) is 28.8 Å². The summed E-state index contributed by atoms with van der Waals surface area (Å²) >= 11 is 0. The van der Waals surface area contributed by atoms with Gasteiger partial charge >= 0.3 is 6.61 Å². The molecule has 0 bridgehead atoms. The molecule has 11 heteroatoms. The van der Waals surface area contributed by atoms with Gasteiger partial charge in [-0.25, -0.2) is 8.78 Å².